The van der Waals surface area contributed by atoms with Crippen LogP contribution in [0.5, 0.6) is 0 Å². The summed E-state index contributed by atoms with van der Waals surface area (Å²) in [6.07, 6.45) is 2.24. The third-order valence-corrected chi connectivity index (χ3v) is 10.5. The van der Waals surface area contributed by atoms with Crippen molar-refractivity contribution in [2.24, 2.45) is 4.99 Å². The second-order valence-corrected chi connectivity index (χ2v) is 14.2. The Morgan fingerprint density at radius 2 is 1.75 bits per heavy atom. The molecule has 15 heteroatoms. The van der Waals surface area contributed by atoms with E-state index in [1.807, 2.05) is 66.1 Å². The lowest BCUT2D eigenvalue weighted by atomic mass is 9.99. The first-order valence-electron chi connectivity index (χ1n) is 17.2. The first-order valence-corrected chi connectivity index (χ1v) is 18.4. The molecule has 0 spiro atoms. The zero-order valence-electron chi connectivity index (χ0n) is 29.7. The molecule has 0 radical (unpaired) electrons. The number of anilines is 2. The minimum absolute atomic E-state index is 0. The number of rotatable bonds is 14. The number of pyridine rings is 1. The second kappa shape index (κ2) is 17.0. The van der Waals surface area contributed by atoms with Gasteiger partial charge < -0.3 is 25.4 Å². The Morgan fingerprint density at radius 1 is 1.00 bits per heavy atom. The number of benzene rings is 2. The van der Waals surface area contributed by atoms with Gasteiger partial charge in [0, 0.05) is 51.6 Å². The van der Waals surface area contributed by atoms with Crippen LogP contribution in [0.4, 0.5) is 11.5 Å². The van der Waals surface area contributed by atoms with Crippen LogP contribution in [0.2, 0.25) is 5.02 Å². The number of aromatic nitrogens is 4. The van der Waals surface area contributed by atoms with E-state index < -0.39 is 6.04 Å². The molecule has 7 rings (SSSR count). The molecule has 5 heterocycles. The summed E-state index contributed by atoms with van der Waals surface area (Å²) in [5.74, 6) is 2.00. The van der Waals surface area contributed by atoms with Crippen molar-refractivity contribution in [3.05, 3.63) is 105 Å². The van der Waals surface area contributed by atoms with Crippen molar-refractivity contribution in [1.82, 2.24) is 25.1 Å². The Bertz CT molecular complexity index is 2150. The normalized spacial score (nSPS) is 14.3. The van der Waals surface area contributed by atoms with E-state index in [1.165, 1.54) is 4.88 Å². The molecule has 53 heavy (non-hydrogen) atoms. The van der Waals surface area contributed by atoms with Crippen LogP contribution in [0.3, 0.4) is 0 Å². The Kier molecular flexibility index (Phi) is 12.3. The van der Waals surface area contributed by atoms with E-state index in [0.717, 1.165) is 61.4 Å². The lowest BCUT2D eigenvalue weighted by molar-refractivity contribution is -0.121. The largest absolute Gasteiger partial charge is 0.377 e. The number of halogens is 1. The van der Waals surface area contributed by atoms with Gasteiger partial charge in [0.1, 0.15) is 22.7 Å². The maximum absolute atomic E-state index is 13.2. The lowest BCUT2D eigenvalue weighted by Crippen LogP contribution is -2.29. The van der Waals surface area contributed by atoms with Crippen molar-refractivity contribution < 1.29 is 19.1 Å². The number of ether oxygens (including phenoxy) is 2. The van der Waals surface area contributed by atoms with Gasteiger partial charge >= 0.3 is 0 Å². The third kappa shape index (κ3) is 8.47. The minimum Gasteiger partial charge on any atom is -0.377 e. The highest BCUT2D eigenvalue weighted by Gasteiger charge is 2.32. The summed E-state index contributed by atoms with van der Waals surface area (Å²) >= 11 is 7.89. The molecule has 3 N–H and O–H groups in total. The van der Waals surface area contributed by atoms with E-state index in [4.69, 9.17) is 26.1 Å². The molecule has 2 amide bonds. The predicted molar refractivity (Wildman–Crippen MR) is 213 cm³/mol. The molecule has 3 aromatic heterocycles. The van der Waals surface area contributed by atoms with Crippen LogP contribution in [0.15, 0.2) is 65.8 Å². The SMILES string of the molecule is Cc1sc2c(c1C)C(c1ccc(Cl)cc1)=N[C@@H](CC(=O)NCCOCCOCCNc1ncccc1-c1ccc3c(c1)CC(=O)N3)c1nnc(C)n1-2.S. The molecule has 5 aromatic rings. The number of amides is 2. The standard InChI is InChI=1S/C38H39ClN8O4S.H2S/c1-22-23(2)52-38-34(22)35(25-6-9-28(39)10-7-25)44-31(37-46-45-24(3)47(37)38)21-32(48)40-13-15-50-17-18-51-16-14-42-36-29(5-4-12-41-36)26-8-11-30-27(19-26)20-33(49)43-30;/h4-12,19,31H,13-18,20-21H2,1-3H3,(H,40,48)(H,41,42)(H,43,49);1H2/t31-;/m0./s1. The molecule has 0 saturated heterocycles. The highest BCUT2D eigenvalue weighted by molar-refractivity contribution is 7.59. The molecular weight excluding hydrogens is 732 g/mol. The van der Waals surface area contributed by atoms with E-state index in [0.29, 0.717) is 56.8 Å². The molecule has 1 atom stereocenters. The molecule has 0 aliphatic carbocycles. The summed E-state index contributed by atoms with van der Waals surface area (Å²) in [6, 6.07) is 16.9. The van der Waals surface area contributed by atoms with Crippen LogP contribution in [0.1, 0.15) is 51.2 Å². The number of hydrogen-bond donors (Lipinski definition) is 3. The molecule has 0 unspecified atom stereocenters. The smallest absolute Gasteiger partial charge is 0.228 e. The number of aryl methyl sites for hydroxylation is 2. The van der Waals surface area contributed by atoms with Crippen LogP contribution in [0.25, 0.3) is 16.1 Å². The Hall–Kier alpha value is -4.60. The quantitative estimate of drug-likeness (QED) is 0.115. The average Bonchev–Trinajstić information content (AvgIpc) is 3.77. The van der Waals surface area contributed by atoms with Gasteiger partial charge in [-0.2, -0.15) is 13.5 Å². The van der Waals surface area contributed by atoms with Gasteiger partial charge in [0.25, 0.3) is 0 Å². The summed E-state index contributed by atoms with van der Waals surface area (Å²) < 4.78 is 13.5. The summed E-state index contributed by atoms with van der Waals surface area (Å²) in [4.78, 5) is 35.8. The van der Waals surface area contributed by atoms with Gasteiger partial charge in [-0.1, -0.05) is 29.8 Å². The first kappa shape index (κ1) is 38.1. The highest BCUT2D eigenvalue weighted by atomic mass is 35.5. The maximum atomic E-state index is 13.2. The number of aliphatic imine (C=N–C) groups is 1. The average molecular weight is 773 g/mol. The molecule has 276 valence electrons. The predicted octanol–water partition coefficient (Wildman–Crippen LogP) is 6.12. The molecule has 0 saturated carbocycles. The fourth-order valence-corrected chi connectivity index (χ4v) is 7.72. The highest BCUT2D eigenvalue weighted by Crippen LogP contribution is 2.39. The zero-order chi connectivity index (χ0) is 36.2. The molecule has 2 aliphatic rings. The van der Waals surface area contributed by atoms with Gasteiger partial charge in [0.05, 0.1) is 45.0 Å². The molecule has 0 fully saturated rings. The van der Waals surface area contributed by atoms with Crippen molar-refractivity contribution >= 4 is 65.5 Å². The molecule has 2 aliphatic heterocycles. The van der Waals surface area contributed by atoms with E-state index >= 15 is 0 Å². The van der Waals surface area contributed by atoms with Gasteiger partial charge in [-0.25, -0.2) is 4.98 Å². The summed E-state index contributed by atoms with van der Waals surface area (Å²) in [5, 5.41) is 19.7. The second-order valence-electron chi connectivity index (χ2n) is 12.6. The maximum Gasteiger partial charge on any atom is 0.228 e. The fourth-order valence-electron chi connectivity index (χ4n) is 6.38. The fraction of sp³-hybridized carbons (Fsp3) is 0.316. The van der Waals surface area contributed by atoms with Crippen molar-refractivity contribution in [2.75, 3.05) is 50.2 Å². The number of carbonyl (C=O) groups is 2. The van der Waals surface area contributed by atoms with E-state index in [9.17, 15) is 9.59 Å². The van der Waals surface area contributed by atoms with Gasteiger partial charge in [0.15, 0.2) is 5.82 Å². The van der Waals surface area contributed by atoms with Crippen LogP contribution < -0.4 is 16.0 Å². The van der Waals surface area contributed by atoms with Crippen LogP contribution in [0, 0.1) is 20.8 Å². The molecule has 12 nitrogen and oxygen atoms in total. The first-order chi connectivity index (χ1) is 25.3. The molecule has 2 aromatic carbocycles. The van der Waals surface area contributed by atoms with E-state index in [1.54, 1.807) is 17.5 Å². The van der Waals surface area contributed by atoms with Crippen molar-refractivity contribution in [3.63, 3.8) is 0 Å². The summed E-state index contributed by atoms with van der Waals surface area (Å²) in [7, 11) is 0. The monoisotopic (exact) mass is 772 g/mol. The molecular formula is C38H41ClN8O4S2. The van der Waals surface area contributed by atoms with Gasteiger partial charge in [-0.15, -0.1) is 21.5 Å². The number of fused-ring (bicyclic) bond motifs is 4. The van der Waals surface area contributed by atoms with Gasteiger partial charge in [-0.05, 0) is 73.9 Å². The van der Waals surface area contributed by atoms with E-state index in [2.05, 4.69) is 45.0 Å². The van der Waals surface area contributed by atoms with Crippen molar-refractivity contribution in [1.29, 1.82) is 0 Å². The number of nitrogens with zero attached hydrogens (tertiary/aromatic N) is 5. The Balaban J connectivity index is 0.00000481. The lowest BCUT2D eigenvalue weighted by Gasteiger charge is -2.13. The Morgan fingerprint density at radius 3 is 2.55 bits per heavy atom. The number of hydrogen-bond acceptors (Lipinski definition) is 10. The Labute approximate surface area is 323 Å². The topological polar surface area (TPSA) is 145 Å². The van der Waals surface area contributed by atoms with Crippen molar-refractivity contribution in [2.45, 2.75) is 39.7 Å². The van der Waals surface area contributed by atoms with Crippen LogP contribution in [-0.4, -0.2) is 76.8 Å². The van der Waals surface area contributed by atoms with Crippen molar-refractivity contribution in [3.8, 4) is 16.1 Å². The summed E-state index contributed by atoms with van der Waals surface area (Å²) in [5.41, 5.74) is 7.71. The summed E-state index contributed by atoms with van der Waals surface area (Å²) in [6.45, 7) is 8.67. The number of carbonyl (C=O) groups excluding carboxylic acids is 2. The van der Waals surface area contributed by atoms with Crippen LogP contribution >= 0.6 is 36.4 Å². The van der Waals surface area contributed by atoms with Crippen LogP contribution in [-0.2, 0) is 25.5 Å². The van der Waals surface area contributed by atoms with Gasteiger partial charge in [0.2, 0.25) is 11.8 Å². The number of thiophene rings is 1. The third-order valence-electron chi connectivity index (χ3n) is 9.06. The molecule has 0 bridgehead atoms. The number of nitrogens with one attached hydrogen (secondary N) is 3. The van der Waals surface area contributed by atoms with Gasteiger partial charge in [-0.3, -0.25) is 19.1 Å². The van der Waals surface area contributed by atoms with E-state index in [-0.39, 0.29) is 31.7 Å². The minimum atomic E-state index is -0.535. The zero-order valence-corrected chi connectivity index (χ0v) is 32.2.